The molecule has 3 N–H and O–H groups in total. The minimum atomic E-state index is -1.06. The predicted molar refractivity (Wildman–Crippen MR) is 71.5 cm³/mol. The van der Waals surface area contributed by atoms with Crippen LogP contribution < -0.4 is 10.6 Å². The van der Waals surface area contributed by atoms with E-state index in [0.29, 0.717) is 12.5 Å². The molecule has 0 aromatic carbocycles. The maximum absolute atomic E-state index is 11.6. The molecule has 0 heterocycles. The predicted octanol–water partition coefficient (Wildman–Crippen LogP) is 0.764. The highest BCUT2D eigenvalue weighted by molar-refractivity contribution is 5.86. The van der Waals surface area contributed by atoms with Crippen molar-refractivity contribution in [2.75, 3.05) is 6.54 Å². The second kappa shape index (κ2) is 8.50. The number of carboxylic acid groups (broad SMARTS) is 1. The van der Waals surface area contributed by atoms with Crippen LogP contribution in [0.1, 0.15) is 40.5 Å². The lowest BCUT2D eigenvalue weighted by Gasteiger charge is -2.17. The van der Waals surface area contributed by atoms with Crippen molar-refractivity contribution in [1.82, 2.24) is 10.6 Å². The topological polar surface area (TPSA) is 95.5 Å². The molecule has 6 heteroatoms. The Labute approximate surface area is 113 Å². The van der Waals surface area contributed by atoms with Crippen molar-refractivity contribution in [3.05, 3.63) is 0 Å². The van der Waals surface area contributed by atoms with Crippen LogP contribution >= 0.6 is 0 Å². The Hall–Kier alpha value is -1.59. The smallest absolute Gasteiger partial charge is 0.326 e. The van der Waals surface area contributed by atoms with Crippen LogP contribution in [0, 0.1) is 11.8 Å². The van der Waals surface area contributed by atoms with Gasteiger partial charge in [0.05, 0.1) is 0 Å². The van der Waals surface area contributed by atoms with Crippen LogP contribution in [-0.2, 0) is 14.4 Å². The third kappa shape index (κ3) is 8.18. The van der Waals surface area contributed by atoms with Gasteiger partial charge in [-0.1, -0.05) is 27.7 Å². The van der Waals surface area contributed by atoms with Crippen LogP contribution in [-0.4, -0.2) is 35.5 Å². The molecule has 6 nitrogen and oxygen atoms in total. The number of hydrogen-bond acceptors (Lipinski definition) is 3. The van der Waals surface area contributed by atoms with E-state index in [-0.39, 0.29) is 24.7 Å². The maximum Gasteiger partial charge on any atom is 0.326 e. The average Bonchev–Trinajstić information content (AvgIpc) is 2.29. The van der Waals surface area contributed by atoms with Gasteiger partial charge in [0.25, 0.3) is 0 Å². The number of rotatable bonds is 8. The Morgan fingerprint density at radius 2 is 1.53 bits per heavy atom. The van der Waals surface area contributed by atoms with Gasteiger partial charge >= 0.3 is 5.97 Å². The highest BCUT2D eigenvalue weighted by atomic mass is 16.4. The maximum atomic E-state index is 11.6. The number of aliphatic carboxylic acids is 1. The molecule has 19 heavy (non-hydrogen) atoms. The minimum Gasteiger partial charge on any atom is -0.480 e. The van der Waals surface area contributed by atoms with Crippen LogP contribution in [0.15, 0.2) is 0 Å². The largest absolute Gasteiger partial charge is 0.480 e. The Kier molecular flexibility index (Phi) is 7.79. The van der Waals surface area contributed by atoms with Crippen molar-refractivity contribution >= 4 is 17.8 Å². The molecule has 1 unspecified atom stereocenters. The van der Waals surface area contributed by atoms with Crippen molar-refractivity contribution in [3.63, 3.8) is 0 Å². The van der Waals surface area contributed by atoms with Gasteiger partial charge in [0.2, 0.25) is 11.8 Å². The molecule has 110 valence electrons. The Morgan fingerprint density at radius 3 is 1.95 bits per heavy atom. The van der Waals surface area contributed by atoms with E-state index in [1.54, 1.807) is 13.8 Å². The molecular weight excluding hydrogens is 248 g/mol. The summed E-state index contributed by atoms with van der Waals surface area (Å²) in [6, 6.07) is -0.911. The summed E-state index contributed by atoms with van der Waals surface area (Å²) in [5.74, 6) is -1.51. The molecule has 0 aliphatic rings. The van der Waals surface area contributed by atoms with Crippen molar-refractivity contribution < 1.29 is 19.5 Å². The first-order valence-electron chi connectivity index (χ1n) is 6.52. The third-order valence-corrected chi connectivity index (χ3v) is 2.54. The number of hydrogen-bond donors (Lipinski definition) is 3. The van der Waals surface area contributed by atoms with Gasteiger partial charge in [0.1, 0.15) is 6.04 Å². The molecule has 0 aliphatic heterocycles. The molecule has 0 rings (SSSR count). The van der Waals surface area contributed by atoms with E-state index in [4.69, 9.17) is 5.11 Å². The minimum absolute atomic E-state index is 0.000425. The summed E-state index contributed by atoms with van der Waals surface area (Å²) < 4.78 is 0. The summed E-state index contributed by atoms with van der Waals surface area (Å²) in [6.45, 7) is 7.97. The fourth-order valence-electron chi connectivity index (χ4n) is 1.39. The average molecular weight is 272 g/mol. The van der Waals surface area contributed by atoms with E-state index < -0.39 is 17.9 Å². The molecule has 0 bridgehead atoms. The molecule has 0 spiro atoms. The van der Waals surface area contributed by atoms with Gasteiger partial charge in [-0.25, -0.2) is 4.79 Å². The molecule has 0 saturated carbocycles. The Morgan fingerprint density at radius 1 is 1.00 bits per heavy atom. The van der Waals surface area contributed by atoms with Gasteiger partial charge in [-0.15, -0.1) is 0 Å². The molecule has 0 aromatic rings. The van der Waals surface area contributed by atoms with E-state index in [9.17, 15) is 14.4 Å². The van der Waals surface area contributed by atoms with Gasteiger partial charge < -0.3 is 15.7 Å². The quantitative estimate of drug-likeness (QED) is 0.608. The summed E-state index contributed by atoms with van der Waals surface area (Å²) in [5, 5.41) is 14.0. The second-order valence-electron chi connectivity index (χ2n) is 5.33. The number of carboxylic acids is 1. The van der Waals surface area contributed by atoms with E-state index in [1.165, 1.54) is 0 Å². The van der Waals surface area contributed by atoms with Crippen molar-refractivity contribution in [2.24, 2.45) is 11.8 Å². The highest BCUT2D eigenvalue weighted by Gasteiger charge is 2.23. The second-order valence-corrected chi connectivity index (χ2v) is 5.33. The first-order valence-corrected chi connectivity index (χ1v) is 6.52. The van der Waals surface area contributed by atoms with Gasteiger partial charge in [0.15, 0.2) is 0 Å². The summed E-state index contributed by atoms with van der Waals surface area (Å²) in [4.78, 5) is 33.8. The first kappa shape index (κ1) is 17.4. The Balaban J connectivity index is 4.04. The molecule has 0 saturated heterocycles. The normalized spacial score (nSPS) is 12.3. The fourth-order valence-corrected chi connectivity index (χ4v) is 1.39. The summed E-state index contributed by atoms with van der Waals surface area (Å²) in [6.07, 6.45) is 0.0728. The summed E-state index contributed by atoms with van der Waals surface area (Å²) in [7, 11) is 0. The zero-order chi connectivity index (χ0) is 15.0. The van der Waals surface area contributed by atoms with E-state index in [1.807, 2.05) is 13.8 Å². The zero-order valence-electron chi connectivity index (χ0n) is 12.0. The highest BCUT2D eigenvalue weighted by Crippen LogP contribution is 2.02. The SMILES string of the molecule is CC(C)CNC(=O)CCC(=O)NC(C(=O)O)C(C)C. The number of nitrogens with one attached hydrogen (secondary N) is 2. The molecular formula is C13H24N2O4. The Bertz CT molecular complexity index is 327. The zero-order valence-corrected chi connectivity index (χ0v) is 12.0. The van der Waals surface area contributed by atoms with Gasteiger partial charge in [-0.3, -0.25) is 9.59 Å². The lowest BCUT2D eigenvalue weighted by atomic mass is 10.0. The molecule has 0 aromatic heterocycles. The van der Waals surface area contributed by atoms with Crippen LogP contribution in [0.25, 0.3) is 0 Å². The number of carbonyl (C=O) groups excluding carboxylic acids is 2. The summed E-state index contributed by atoms with van der Waals surface area (Å²) in [5.41, 5.74) is 0. The van der Waals surface area contributed by atoms with Gasteiger partial charge in [-0.05, 0) is 11.8 Å². The van der Waals surface area contributed by atoms with E-state index in [0.717, 1.165) is 0 Å². The van der Waals surface area contributed by atoms with Gasteiger partial charge in [-0.2, -0.15) is 0 Å². The molecule has 1 atom stereocenters. The van der Waals surface area contributed by atoms with Crippen LogP contribution in [0.5, 0.6) is 0 Å². The molecule has 0 fully saturated rings. The van der Waals surface area contributed by atoms with Crippen molar-refractivity contribution in [1.29, 1.82) is 0 Å². The summed E-state index contributed by atoms with van der Waals surface area (Å²) >= 11 is 0. The molecule has 0 aliphatic carbocycles. The van der Waals surface area contributed by atoms with Crippen LogP contribution in [0.2, 0.25) is 0 Å². The van der Waals surface area contributed by atoms with E-state index in [2.05, 4.69) is 10.6 Å². The molecule has 0 radical (unpaired) electrons. The third-order valence-electron chi connectivity index (χ3n) is 2.54. The lowest BCUT2D eigenvalue weighted by molar-refractivity contribution is -0.143. The molecule has 2 amide bonds. The van der Waals surface area contributed by atoms with Gasteiger partial charge in [0, 0.05) is 19.4 Å². The van der Waals surface area contributed by atoms with Crippen molar-refractivity contribution in [3.8, 4) is 0 Å². The fraction of sp³-hybridized carbons (Fsp3) is 0.769. The van der Waals surface area contributed by atoms with E-state index >= 15 is 0 Å². The standard InChI is InChI=1S/C13H24N2O4/c1-8(2)7-14-10(16)5-6-11(17)15-12(9(3)4)13(18)19/h8-9,12H,5-7H2,1-4H3,(H,14,16)(H,15,17)(H,18,19). The van der Waals surface area contributed by atoms with Crippen LogP contribution in [0.4, 0.5) is 0 Å². The van der Waals surface area contributed by atoms with Crippen molar-refractivity contribution in [2.45, 2.75) is 46.6 Å². The number of carbonyl (C=O) groups is 3. The number of amides is 2. The monoisotopic (exact) mass is 272 g/mol. The van der Waals surface area contributed by atoms with Crippen LogP contribution in [0.3, 0.4) is 0 Å². The first-order chi connectivity index (χ1) is 8.73. The lowest BCUT2D eigenvalue weighted by Crippen LogP contribution is -2.44.